The van der Waals surface area contributed by atoms with E-state index < -0.39 is 23.6 Å². The number of hydrogen-bond acceptors (Lipinski definition) is 3. The van der Waals surface area contributed by atoms with Gasteiger partial charge in [0.05, 0.1) is 5.69 Å². The SMILES string of the molecule is CC(=O)Nc1cc(NC(C(=O)Nc2ccc(F)cc2)c2ccccc2)ccc1F. The number of nitrogens with one attached hydrogen (secondary N) is 3. The molecule has 0 spiro atoms. The number of amides is 2. The van der Waals surface area contributed by atoms with Crippen molar-refractivity contribution in [2.24, 2.45) is 0 Å². The number of carbonyl (C=O) groups is 2. The molecule has 0 saturated carbocycles. The Morgan fingerprint density at radius 2 is 1.48 bits per heavy atom. The monoisotopic (exact) mass is 395 g/mol. The average molecular weight is 395 g/mol. The molecule has 29 heavy (non-hydrogen) atoms. The average Bonchev–Trinajstić information content (AvgIpc) is 2.70. The highest BCUT2D eigenvalue weighted by Gasteiger charge is 2.21. The first-order chi connectivity index (χ1) is 13.9. The van der Waals surface area contributed by atoms with Gasteiger partial charge in [0, 0.05) is 18.3 Å². The van der Waals surface area contributed by atoms with Crippen molar-refractivity contribution in [2.45, 2.75) is 13.0 Å². The summed E-state index contributed by atoms with van der Waals surface area (Å²) in [5.74, 6) is -1.78. The lowest BCUT2D eigenvalue weighted by atomic mass is 10.1. The Morgan fingerprint density at radius 1 is 0.828 bits per heavy atom. The molecule has 5 nitrogen and oxygen atoms in total. The summed E-state index contributed by atoms with van der Waals surface area (Å²) in [7, 11) is 0. The maximum atomic E-state index is 13.9. The molecule has 0 heterocycles. The Kier molecular flexibility index (Phi) is 6.19. The van der Waals surface area contributed by atoms with Crippen LogP contribution in [-0.2, 0) is 9.59 Å². The smallest absolute Gasteiger partial charge is 0.251 e. The fourth-order valence-corrected chi connectivity index (χ4v) is 2.76. The molecule has 7 heteroatoms. The molecule has 2 amide bonds. The first-order valence-electron chi connectivity index (χ1n) is 8.87. The molecule has 0 radical (unpaired) electrons. The van der Waals surface area contributed by atoms with Crippen molar-refractivity contribution in [3.05, 3.63) is 90.0 Å². The van der Waals surface area contributed by atoms with E-state index in [-0.39, 0.29) is 11.6 Å². The van der Waals surface area contributed by atoms with Crippen molar-refractivity contribution >= 4 is 28.9 Å². The topological polar surface area (TPSA) is 70.2 Å². The van der Waals surface area contributed by atoms with E-state index in [9.17, 15) is 18.4 Å². The van der Waals surface area contributed by atoms with Crippen LogP contribution in [0.3, 0.4) is 0 Å². The van der Waals surface area contributed by atoms with Gasteiger partial charge >= 0.3 is 0 Å². The lowest BCUT2D eigenvalue weighted by Crippen LogP contribution is -2.27. The standard InChI is InChI=1S/C22H19F2N3O2/c1-14(28)25-20-13-18(11-12-19(20)24)26-21(15-5-3-2-4-6-15)22(29)27-17-9-7-16(23)8-10-17/h2-13,21,26H,1H3,(H,25,28)(H,27,29). The molecule has 0 bridgehead atoms. The molecule has 0 saturated heterocycles. The van der Waals surface area contributed by atoms with Gasteiger partial charge in [0.2, 0.25) is 5.91 Å². The van der Waals surface area contributed by atoms with Gasteiger partial charge in [0.1, 0.15) is 17.7 Å². The molecule has 0 aliphatic heterocycles. The second-order valence-electron chi connectivity index (χ2n) is 6.36. The second-order valence-corrected chi connectivity index (χ2v) is 6.36. The fourth-order valence-electron chi connectivity index (χ4n) is 2.76. The molecule has 3 aromatic rings. The predicted octanol–water partition coefficient (Wildman–Crippen LogP) is 4.72. The minimum Gasteiger partial charge on any atom is -0.370 e. The lowest BCUT2D eigenvalue weighted by Gasteiger charge is -2.20. The number of rotatable bonds is 6. The first-order valence-corrected chi connectivity index (χ1v) is 8.87. The number of hydrogen-bond donors (Lipinski definition) is 3. The summed E-state index contributed by atoms with van der Waals surface area (Å²) in [6, 6.07) is 17.7. The second kappa shape index (κ2) is 8.97. The Balaban J connectivity index is 1.87. The van der Waals surface area contributed by atoms with Gasteiger partial charge in [-0.2, -0.15) is 0 Å². The van der Waals surface area contributed by atoms with Crippen LogP contribution < -0.4 is 16.0 Å². The van der Waals surface area contributed by atoms with Gasteiger partial charge in [-0.15, -0.1) is 0 Å². The highest BCUT2D eigenvalue weighted by molar-refractivity contribution is 5.97. The van der Waals surface area contributed by atoms with Gasteiger partial charge in [-0.05, 0) is 48.0 Å². The van der Waals surface area contributed by atoms with Crippen LogP contribution in [0.5, 0.6) is 0 Å². The van der Waals surface area contributed by atoms with Crippen molar-refractivity contribution < 1.29 is 18.4 Å². The van der Waals surface area contributed by atoms with E-state index in [0.717, 1.165) is 0 Å². The molecule has 0 fully saturated rings. The molecular weight excluding hydrogens is 376 g/mol. The van der Waals surface area contributed by atoms with Crippen LogP contribution in [0.1, 0.15) is 18.5 Å². The van der Waals surface area contributed by atoms with Crippen LogP contribution in [0, 0.1) is 11.6 Å². The molecule has 3 N–H and O–H groups in total. The third kappa shape index (κ3) is 5.38. The number of carbonyl (C=O) groups excluding carboxylic acids is 2. The first kappa shape index (κ1) is 20.0. The number of halogens is 2. The van der Waals surface area contributed by atoms with Gasteiger partial charge in [-0.25, -0.2) is 8.78 Å². The van der Waals surface area contributed by atoms with Crippen LogP contribution in [-0.4, -0.2) is 11.8 Å². The summed E-state index contributed by atoms with van der Waals surface area (Å²) < 4.78 is 27.0. The van der Waals surface area contributed by atoms with Gasteiger partial charge in [-0.1, -0.05) is 30.3 Å². The van der Waals surface area contributed by atoms with Crippen LogP contribution in [0.4, 0.5) is 25.8 Å². The molecule has 1 unspecified atom stereocenters. The molecule has 3 rings (SSSR count). The zero-order chi connectivity index (χ0) is 20.8. The van der Waals surface area contributed by atoms with Crippen molar-refractivity contribution in [3.8, 4) is 0 Å². The molecule has 0 aliphatic carbocycles. The number of anilines is 3. The zero-order valence-electron chi connectivity index (χ0n) is 15.6. The minimum atomic E-state index is -0.808. The summed E-state index contributed by atoms with van der Waals surface area (Å²) in [5, 5.41) is 8.21. The van der Waals surface area contributed by atoms with E-state index in [2.05, 4.69) is 16.0 Å². The van der Waals surface area contributed by atoms with E-state index in [1.54, 1.807) is 24.3 Å². The molecule has 148 valence electrons. The van der Waals surface area contributed by atoms with E-state index >= 15 is 0 Å². The molecule has 0 aromatic heterocycles. The molecular formula is C22H19F2N3O2. The Labute approximate surface area is 166 Å². The molecule has 1 atom stereocenters. The zero-order valence-corrected chi connectivity index (χ0v) is 15.6. The quantitative estimate of drug-likeness (QED) is 0.566. The Hall–Kier alpha value is -3.74. The van der Waals surface area contributed by atoms with E-state index in [1.807, 2.05) is 6.07 Å². The summed E-state index contributed by atoms with van der Waals surface area (Å²) in [6.45, 7) is 1.28. The fraction of sp³-hybridized carbons (Fsp3) is 0.0909. The molecule has 3 aromatic carbocycles. The van der Waals surface area contributed by atoms with Gasteiger partial charge in [0.25, 0.3) is 5.91 Å². The summed E-state index contributed by atoms with van der Waals surface area (Å²) >= 11 is 0. The normalized spacial score (nSPS) is 11.4. The lowest BCUT2D eigenvalue weighted by molar-refractivity contribution is -0.117. The van der Waals surface area contributed by atoms with Crippen molar-refractivity contribution in [3.63, 3.8) is 0 Å². The number of benzene rings is 3. The predicted molar refractivity (Wildman–Crippen MR) is 109 cm³/mol. The van der Waals surface area contributed by atoms with Gasteiger partial charge in [0.15, 0.2) is 0 Å². The van der Waals surface area contributed by atoms with Gasteiger partial charge < -0.3 is 16.0 Å². The highest BCUT2D eigenvalue weighted by Crippen LogP contribution is 2.25. The third-order valence-corrected chi connectivity index (χ3v) is 4.09. The maximum absolute atomic E-state index is 13.9. The third-order valence-electron chi connectivity index (χ3n) is 4.09. The maximum Gasteiger partial charge on any atom is 0.251 e. The summed E-state index contributed by atoms with van der Waals surface area (Å²) in [4.78, 5) is 24.2. The summed E-state index contributed by atoms with van der Waals surface area (Å²) in [5.41, 5.74) is 1.57. The van der Waals surface area contributed by atoms with E-state index in [1.165, 1.54) is 49.4 Å². The van der Waals surface area contributed by atoms with E-state index in [4.69, 9.17) is 0 Å². The van der Waals surface area contributed by atoms with Gasteiger partial charge in [-0.3, -0.25) is 9.59 Å². The van der Waals surface area contributed by atoms with Crippen LogP contribution in [0.25, 0.3) is 0 Å². The van der Waals surface area contributed by atoms with Crippen LogP contribution >= 0.6 is 0 Å². The van der Waals surface area contributed by atoms with Crippen molar-refractivity contribution in [2.75, 3.05) is 16.0 Å². The molecule has 0 aliphatic rings. The van der Waals surface area contributed by atoms with Crippen LogP contribution in [0.2, 0.25) is 0 Å². The minimum absolute atomic E-state index is 0.00764. The Bertz CT molecular complexity index is 1010. The van der Waals surface area contributed by atoms with E-state index in [0.29, 0.717) is 16.9 Å². The highest BCUT2D eigenvalue weighted by atomic mass is 19.1. The Morgan fingerprint density at radius 3 is 2.14 bits per heavy atom. The van der Waals surface area contributed by atoms with Crippen molar-refractivity contribution in [1.29, 1.82) is 0 Å². The van der Waals surface area contributed by atoms with Crippen molar-refractivity contribution in [1.82, 2.24) is 0 Å². The summed E-state index contributed by atoms with van der Waals surface area (Å²) in [6.07, 6.45) is 0. The van der Waals surface area contributed by atoms with Crippen LogP contribution in [0.15, 0.2) is 72.8 Å². The largest absolute Gasteiger partial charge is 0.370 e.